The highest BCUT2D eigenvalue weighted by molar-refractivity contribution is 7.87. The number of hydrogen-bond acceptors (Lipinski definition) is 9. The molecule has 40 heavy (non-hydrogen) atoms. The first-order valence-electron chi connectivity index (χ1n) is 11.9. The highest BCUT2D eigenvalue weighted by Crippen LogP contribution is 2.32. The van der Waals surface area contributed by atoms with Gasteiger partial charge in [-0.2, -0.15) is 27.0 Å². The molecule has 0 bridgehead atoms. The summed E-state index contributed by atoms with van der Waals surface area (Å²) in [5.74, 6) is -0.340. The molecule has 0 aliphatic heterocycles. The molecule has 0 spiro atoms. The second-order valence-electron chi connectivity index (χ2n) is 8.93. The van der Waals surface area contributed by atoms with Gasteiger partial charge in [0.05, 0.1) is 45.0 Å². The molecule has 0 amide bonds. The third-order valence-electron chi connectivity index (χ3n) is 6.04. The maximum Gasteiger partial charge on any atom is 0.322 e. The van der Waals surface area contributed by atoms with E-state index in [0.29, 0.717) is 33.7 Å². The number of ether oxygens (including phenoxy) is 2. The molecule has 208 valence electrons. The molecule has 5 aromatic rings. The number of methoxy groups -OCH3 is 2. The van der Waals surface area contributed by atoms with E-state index in [0.717, 1.165) is 14.0 Å². The topological polar surface area (TPSA) is 135 Å². The summed E-state index contributed by atoms with van der Waals surface area (Å²) in [6.07, 6.45) is 7.95. The van der Waals surface area contributed by atoms with Gasteiger partial charge in [0.25, 0.3) is 0 Å². The highest BCUT2D eigenvalue weighted by atomic mass is 32.2. The minimum atomic E-state index is -3.82. The van der Waals surface area contributed by atoms with Gasteiger partial charge < -0.3 is 14.0 Å². The number of aromatic nitrogens is 7. The van der Waals surface area contributed by atoms with Crippen LogP contribution in [0.15, 0.2) is 60.2 Å². The Balaban J connectivity index is 1.74. The van der Waals surface area contributed by atoms with E-state index >= 15 is 4.39 Å². The van der Waals surface area contributed by atoms with Crippen molar-refractivity contribution < 1.29 is 22.3 Å². The summed E-state index contributed by atoms with van der Waals surface area (Å²) in [7, 11) is 3.62. The number of aryl methyl sites for hydroxylation is 1. The van der Waals surface area contributed by atoms with Crippen LogP contribution < -0.4 is 15.0 Å². The molecule has 0 aliphatic carbocycles. The summed E-state index contributed by atoms with van der Waals surface area (Å²) < 4.78 is 56.2. The number of nitrogens with zero attached hydrogens (tertiary/aromatic N) is 9. The fraction of sp³-hybridized carbons (Fsp3) is 0.240. The van der Waals surface area contributed by atoms with E-state index < -0.39 is 16.0 Å². The van der Waals surface area contributed by atoms with Gasteiger partial charge >= 0.3 is 10.2 Å². The van der Waals surface area contributed by atoms with E-state index in [4.69, 9.17) is 14.5 Å². The fourth-order valence-electron chi connectivity index (χ4n) is 3.93. The average molecular weight is 568 g/mol. The molecule has 4 heterocycles. The number of pyridine rings is 1. The molecule has 13 nitrogen and oxygen atoms in total. The van der Waals surface area contributed by atoms with Gasteiger partial charge in [-0.3, -0.25) is 9.67 Å². The normalized spacial score (nSPS) is 12.4. The Morgan fingerprint density at radius 3 is 2.52 bits per heavy atom. The second-order valence-corrected chi connectivity index (χ2v) is 10.9. The van der Waals surface area contributed by atoms with Crippen LogP contribution in [0.25, 0.3) is 22.4 Å². The van der Waals surface area contributed by atoms with Crippen LogP contribution in [0.1, 0.15) is 5.56 Å². The van der Waals surface area contributed by atoms with E-state index in [1.807, 2.05) is 6.20 Å². The minimum Gasteiger partial charge on any atom is -0.497 e. The first-order chi connectivity index (χ1) is 19.1. The van der Waals surface area contributed by atoms with E-state index in [2.05, 4.69) is 20.2 Å². The Morgan fingerprint density at radius 2 is 1.85 bits per heavy atom. The third kappa shape index (κ3) is 5.03. The van der Waals surface area contributed by atoms with Crippen molar-refractivity contribution in [2.24, 2.45) is 12.0 Å². The first-order valence-corrected chi connectivity index (χ1v) is 13.3. The largest absolute Gasteiger partial charge is 0.497 e. The molecule has 0 N–H and O–H groups in total. The van der Waals surface area contributed by atoms with Gasteiger partial charge in [-0.1, -0.05) is 0 Å². The molecule has 5 rings (SSSR count). The monoisotopic (exact) mass is 567 g/mol. The van der Waals surface area contributed by atoms with E-state index in [1.54, 1.807) is 40.8 Å². The smallest absolute Gasteiger partial charge is 0.322 e. The van der Waals surface area contributed by atoms with Crippen molar-refractivity contribution in [2.75, 3.05) is 28.3 Å². The SMILES string of the molecule is COc1cc(N=c2ccc3ncc(-c4cnn(C)c4)nc3n2Cc2cnn(S(=O)(=O)N(C)C)c2)c(F)c(OC)c1. The first kappa shape index (κ1) is 27.0. The van der Waals surface area contributed by atoms with Gasteiger partial charge in [-0.25, -0.2) is 14.4 Å². The molecule has 0 saturated carbocycles. The van der Waals surface area contributed by atoms with Crippen LogP contribution in [-0.2, 0) is 23.8 Å². The zero-order chi connectivity index (χ0) is 28.6. The van der Waals surface area contributed by atoms with Crippen LogP contribution in [0, 0.1) is 5.82 Å². The lowest BCUT2D eigenvalue weighted by atomic mass is 10.2. The minimum absolute atomic E-state index is 0.0217. The maximum atomic E-state index is 15.2. The van der Waals surface area contributed by atoms with E-state index in [-0.39, 0.29) is 18.0 Å². The van der Waals surface area contributed by atoms with Crippen molar-refractivity contribution in [3.05, 3.63) is 72.1 Å². The van der Waals surface area contributed by atoms with Gasteiger partial charge in [0, 0.05) is 56.8 Å². The van der Waals surface area contributed by atoms with Crippen LogP contribution in [-0.4, -0.2) is 74.5 Å². The molecule has 0 fully saturated rings. The van der Waals surface area contributed by atoms with Crippen LogP contribution in [0.2, 0.25) is 0 Å². The van der Waals surface area contributed by atoms with Crippen LogP contribution >= 0.6 is 0 Å². The predicted octanol–water partition coefficient (Wildman–Crippen LogP) is 2.12. The van der Waals surface area contributed by atoms with Crippen molar-refractivity contribution in [1.29, 1.82) is 0 Å². The van der Waals surface area contributed by atoms with Crippen molar-refractivity contribution in [1.82, 2.24) is 37.8 Å². The van der Waals surface area contributed by atoms with Crippen molar-refractivity contribution >= 4 is 27.1 Å². The van der Waals surface area contributed by atoms with Crippen LogP contribution in [0.5, 0.6) is 11.5 Å². The molecule has 0 atom stereocenters. The predicted molar refractivity (Wildman–Crippen MR) is 144 cm³/mol. The summed E-state index contributed by atoms with van der Waals surface area (Å²) in [6, 6.07) is 6.27. The Morgan fingerprint density at radius 1 is 1.05 bits per heavy atom. The fourth-order valence-corrected chi connectivity index (χ4v) is 4.70. The molecular weight excluding hydrogens is 541 g/mol. The van der Waals surface area contributed by atoms with Crippen molar-refractivity contribution in [2.45, 2.75) is 6.54 Å². The number of rotatable bonds is 8. The Kier molecular flexibility index (Phi) is 7.08. The summed E-state index contributed by atoms with van der Waals surface area (Å²) in [5, 5.41) is 8.23. The molecule has 0 unspecified atom stereocenters. The van der Waals surface area contributed by atoms with Crippen molar-refractivity contribution in [3.63, 3.8) is 0 Å². The molecule has 15 heteroatoms. The maximum absolute atomic E-state index is 15.2. The van der Waals surface area contributed by atoms with Gasteiger partial charge in [0.15, 0.2) is 17.2 Å². The van der Waals surface area contributed by atoms with Gasteiger partial charge in [0.1, 0.15) is 22.4 Å². The summed E-state index contributed by atoms with van der Waals surface area (Å²) >= 11 is 0. The molecule has 1 aromatic carbocycles. The lowest BCUT2D eigenvalue weighted by Gasteiger charge is -2.12. The molecule has 4 aromatic heterocycles. The average Bonchev–Trinajstić information content (AvgIpc) is 3.60. The van der Waals surface area contributed by atoms with Gasteiger partial charge in [-0.15, -0.1) is 0 Å². The molecule has 0 radical (unpaired) electrons. The zero-order valence-corrected chi connectivity index (χ0v) is 23.2. The number of fused-ring (bicyclic) bond motifs is 1. The summed E-state index contributed by atoms with van der Waals surface area (Å²) in [5.41, 5.74) is 3.13. The lowest BCUT2D eigenvalue weighted by Crippen LogP contribution is -2.29. The number of benzene rings is 1. The number of halogens is 1. The Bertz CT molecular complexity index is 1890. The third-order valence-corrected chi connectivity index (χ3v) is 7.64. The Labute approximate surface area is 229 Å². The van der Waals surface area contributed by atoms with Crippen LogP contribution in [0.3, 0.4) is 0 Å². The van der Waals surface area contributed by atoms with Gasteiger partial charge in [-0.05, 0) is 12.1 Å². The quantitative estimate of drug-likeness (QED) is 0.278. The Hall–Kier alpha value is -4.63. The van der Waals surface area contributed by atoms with E-state index in [9.17, 15) is 8.42 Å². The summed E-state index contributed by atoms with van der Waals surface area (Å²) in [4.78, 5) is 14.0. The number of hydrogen-bond donors (Lipinski definition) is 0. The van der Waals surface area contributed by atoms with Crippen LogP contribution in [0.4, 0.5) is 10.1 Å². The zero-order valence-electron chi connectivity index (χ0n) is 22.3. The van der Waals surface area contributed by atoms with Crippen molar-refractivity contribution in [3.8, 4) is 22.8 Å². The summed E-state index contributed by atoms with van der Waals surface area (Å²) in [6.45, 7) is 0.104. The van der Waals surface area contributed by atoms with E-state index in [1.165, 1.54) is 52.8 Å². The molecule has 0 aliphatic rings. The van der Waals surface area contributed by atoms with Gasteiger partial charge in [0.2, 0.25) is 0 Å². The second kappa shape index (κ2) is 10.5. The lowest BCUT2D eigenvalue weighted by molar-refractivity contribution is 0.374. The molecular formula is C25H26FN9O4S. The molecule has 0 saturated heterocycles. The highest BCUT2D eigenvalue weighted by Gasteiger charge is 2.19. The standard InChI is InChI=1S/C25H26FN9O4S/c1-32(2)40(36,37)35-14-16(10-29-35)13-34-23(30-20-8-18(38-4)9-22(39-5)24(20)26)7-6-19-25(34)31-21(12-27-19)17-11-28-33(3)15-17/h6-12,14-15H,13H2,1-5H3.